The minimum Gasteiger partial charge on any atom is -0.273 e. The van der Waals surface area contributed by atoms with Gasteiger partial charge in [-0.05, 0) is 30.7 Å². The van der Waals surface area contributed by atoms with Crippen molar-refractivity contribution in [2.45, 2.75) is 32.6 Å². The van der Waals surface area contributed by atoms with E-state index in [0.717, 1.165) is 19.3 Å². The molecule has 100 valence electrons. The van der Waals surface area contributed by atoms with Crippen LogP contribution >= 0.6 is 0 Å². The SMILES string of the molecule is CCCCCC(=O)N(C)N=Nc1ccc(C#N)cc1. The van der Waals surface area contributed by atoms with Crippen molar-refractivity contribution in [3.05, 3.63) is 29.8 Å². The zero-order chi connectivity index (χ0) is 14.1. The summed E-state index contributed by atoms with van der Waals surface area (Å²) in [7, 11) is 1.60. The fourth-order valence-corrected chi connectivity index (χ4v) is 1.46. The number of carbonyl (C=O) groups is 1. The van der Waals surface area contributed by atoms with Gasteiger partial charge in [0.1, 0.15) is 0 Å². The Labute approximate surface area is 113 Å². The van der Waals surface area contributed by atoms with Gasteiger partial charge in [-0.2, -0.15) is 5.26 Å². The van der Waals surface area contributed by atoms with E-state index in [0.29, 0.717) is 17.7 Å². The number of hydrogen-bond donors (Lipinski definition) is 0. The number of carbonyl (C=O) groups excluding carboxylic acids is 1. The topological polar surface area (TPSA) is 68.8 Å². The molecule has 0 saturated heterocycles. The van der Waals surface area contributed by atoms with Gasteiger partial charge in [0.05, 0.1) is 17.3 Å². The molecule has 19 heavy (non-hydrogen) atoms. The van der Waals surface area contributed by atoms with Crippen LogP contribution in [0.15, 0.2) is 34.6 Å². The summed E-state index contributed by atoms with van der Waals surface area (Å²) >= 11 is 0. The van der Waals surface area contributed by atoms with Gasteiger partial charge < -0.3 is 0 Å². The first-order valence-electron chi connectivity index (χ1n) is 6.35. The third-order valence-corrected chi connectivity index (χ3v) is 2.65. The van der Waals surface area contributed by atoms with Crippen LogP contribution in [-0.2, 0) is 4.79 Å². The third kappa shape index (κ3) is 5.30. The Bertz CT molecular complexity index is 473. The zero-order valence-corrected chi connectivity index (χ0v) is 11.3. The molecule has 0 spiro atoms. The highest BCUT2D eigenvalue weighted by Gasteiger charge is 2.06. The molecule has 0 N–H and O–H groups in total. The van der Waals surface area contributed by atoms with Gasteiger partial charge in [-0.3, -0.25) is 4.79 Å². The molecular weight excluding hydrogens is 240 g/mol. The van der Waals surface area contributed by atoms with E-state index in [4.69, 9.17) is 5.26 Å². The lowest BCUT2D eigenvalue weighted by molar-refractivity contribution is -0.130. The summed E-state index contributed by atoms with van der Waals surface area (Å²) in [6.07, 6.45) is 3.51. The van der Waals surface area contributed by atoms with Crippen molar-refractivity contribution >= 4 is 11.6 Å². The molecular formula is C14H18N4O. The van der Waals surface area contributed by atoms with Crippen molar-refractivity contribution < 1.29 is 4.79 Å². The van der Waals surface area contributed by atoms with Gasteiger partial charge in [-0.1, -0.05) is 25.0 Å². The van der Waals surface area contributed by atoms with Crippen molar-refractivity contribution in [3.63, 3.8) is 0 Å². The smallest absolute Gasteiger partial charge is 0.243 e. The van der Waals surface area contributed by atoms with Crippen LogP contribution in [-0.4, -0.2) is 18.0 Å². The lowest BCUT2D eigenvalue weighted by Gasteiger charge is -2.08. The Morgan fingerprint density at radius 3 is 2.58 bits per heavy atom. The minimum atomic E-state index is -0.0363. The maximum Gasteiger partial charge on any atom is 0.243 e. The largest absolute Gasteiger partial charge is 0.273 e. The summed E-state index contributed by atoms with van der Waals surface area (Å²) in [6.45, 7) is 2.10. The Morgan fingerprint density at radius 2 is 2.00 bits per heavy atom. The minimum absolute atomic E-state index is 0.0363. The van der Waals surface area contributed by atoms with Crippen molar-refractivity contribution in [2.75, 3.05) is 7.05 Å². The summed E-state index contributed by atoms with van der Waals surface area (Å²) in [5.41, 5.74) is 1.19. The van der Waals surface area contributed by atoms with Crippen LogP contribution in [0.5, 0.6) is 0 Å². The van der Waals surface area contributed by atoms with Gasteiger partial charge in [-0.15, -0.1) is 5.11 Å². The van der Waals surface area contributed by atoms with Gasteiger partial charge in [-0.25, -0.2) is 5.01 Å². The second kappa shape index (κ2) is 7.98. The van der Waals surface area contributed by atoms with Gasteiger partial charge in [0.2, 0.25) is 5.91 Å². The predicted octanol–water partition coefficient (Wildman–Crippen LogP) is 3.60. The molecule has 0 bridgehead atoms. The monoisotopic (exact) mass is 258 g/mol. The fourth-order valence-electron chi connectivity index (χ4n) is 1.46. The molecule has 1 aromatic carbocycles. The summed E-state index contributed by atoms with van der Waals surface area (Å²) in [6, 6.07) is 8.74. The molecule has 1 amide bonds. The van der Waals surface area contributed by atoms with E-state index < -0.39 is 0 Å². The van der Waals surface area contributed by atoms with E-state index in [2.05, 4.69) is 17.3 Å². The second-order valence-corrected chi connectivity index (χ2v) is 4.22. The second-order valence-electron chi connectivity index (χ2n) is 4.22. The normalized spacial score (nSPS) is 10.4. The van der Waals surface area contributed by atoms with Gasteiger partial charge in [0.15, 0.2) is 0 Å². The molecule has 5 nitrogen and oxygen atoms in total. The van der Waals surface area contributed by atoms with Crippen LogP contribution < -0.4 is 0 Å². The molecule has 0 unspecified atom stereocenters. The van der Waals surface area contributed by atoms with E-state index in [1.54, 1.807) is 31.3 Å². The average Bonchev–Trinajstić information content (AvgIpc) is 2.45. The third-order valence-electron chi connectivity index (χ3n) is 2.65. The van der Waals surface area contributed by atoms with E-state index in [-0.39, 0.29) is 5.91 Å². The summed E-state index contributed by atoms with van der Waals surface area (Å²) in [5, 5.41) is 17.7. The molecule has 0 saturated carbocycles. The predicted molar refractivity (Wildman–Crippen MR) is 72.6 cm³/mol. The van der Waals surface area contributed by atoms with Crippen LogP contribution in [0, 0.1) is 11.3 Å². The van der Waals surface area contributed by atoms with Crippen LogP contribution in [0.3, 0.4) is 0 Å². The fraction of sp³-hybridized carbons (Fsp3) is 0.429. The number of hydrogen-bond acceptors (Lipinski definition) is 4. The van der Waals surface area contributed by atoms with Crippen LogP contribution in [0.2, 0.25) is 0 Å². The lowest BCUT2D eigenvalue weighted by Crippen LogP contribution is -2.19. The van der Waals surface area contributed by atoms with Gasteiger partial charge >= 0.3 is 0 Å². The van der Waals surface area contributed by atoms with Crippen molar-refractivity contribution in [1.82, 2.24) is 5.01 Å². The number of unbranched alkanes of at least 4 members (excludes halogenated alkanes) is 2. The molecule has 0 aliphatic carbocycles. The molecule has 0 heterocycles. The lowest BCUT2D eigenvalue weighted by atomic mass is 10.2. The van der Waals surface area contributed by atoms with Crippen LogP contribution in [0.25, 0.3) is 0 Å². The maximum atomic E-state index is 11.7. The first kappa shape index (κ1) is 14.8. The molecule has 0 aliphatic rings. The highest BCUT2D eigenvalue weighted by atomic mass is 16.2. The van der Waals surface area contributed by atoms with Crippen molar-refractivity contribution in [3.8, 4) is 6.07 Å². The maximum absolute atomic E-state index is 11.7. The summed E-state index contributed by atoms with van der Waals surface area (Å²) in [5.74, 6) is -0.0363. The molecule has 0 atom stereocenters. The molecule has 1 aromatic rings. The van der Waals surface area contributed by atoms with Crippen LogP contribution in [0.1, 0.15) is 38.2 Å². The first-order valence-corrected chi connectivity index (χ1v) is 6.35. The van der Waals surface area contributed by atoms with Crippen molar-refractivity contribution in [2.24, 2.45) is 10.3 Å². The van der Waals surface area contributed by atoms with Gasteiger partial charge in [0.25, 0.3) is 0 Å². The molecule has 0 fully saturated rings. The van der Waals surface area contributed by atoms with E-state index >= 15 is 0 Å². The van der Waals surface area contributed by atoms with E-state index in [9.17, 15) is 4.79 Å². The first-order chi connectivity index (χ1) is 9.17. The summed E-state index contributed by atoms with van der Waals surface area (Å²) in [4.78, 5) is 11.7. The van der Waals surface area contributed by atoms with Gasteiger partial charge in [0, 0.05) is 13.5 Å². The molecule has 1 rings (SSSR count). The Kier molecular flexibility index (Phi) is 6.23. The Morgan fingerprint density at radius 1 is 1.32 bits per heavy atom. The highest BCUT2D eigenvalue weighted by Crippen LogP contribution is 2.13. The molecule has 0 radical (unpaired) electrons. The quantitative estimate of drug-likeness (QED) is 0.444. The standard InChI is InChI=1S/C14H18N4O/c1-3-4-5-6-14(19)18(2)17-16-13-9-7-12(11-15)8-10-13/h7-10H,3-6H2,1-2H3. The highest BCUT2D eigenvalue weighted by molar-refractivity contribution is 5.75. The van der Waals surface area contributed by atoms with E-state index in [1.165, 1.54) is 5.01 Å². The number of benzene rings is 1. The number of rotatable bonds is 6. The molecule has 0 aliphatic heterocycles. The molecule has 0 aromatic heterocycles. The van der Waals surface area contributed by atoms with Crippen molar-refractivity contribution in [1.29, 1.82) is 5.26 Å². The number of amides is 1. The van der Waals surface area contributed by atoms with Crippen LogP contribution in [0.4, 0.5) is 5.69 Å². The Hall–Kier alpha value is -2.22. The number of nitrogens with zero attached hydrogens (tertiary/aromatic N) is 4. The number of nitriles is 1. The zero-order valence-electron chi connectivity index (χ0n) is 11.3. The molecule has 5 heteroatoms. The summed E-state index contributed by atoms with van der Waals surface area (Å²) < 4.78 is 0. The van der Waals surface area contributed by atoms with E-state index in [1.807, 2.05) is 6.07 Å². The average molecular weight is 258 g/mol. The Balaban J connectivity index is 2.50.